The minimum atomic E-state index is -4.00. The van der Waals surface area contributed by atoms with Crippen LogP contribution in [0.4, 0.5) is 5.82 Å². The highest BCUT2D eigenvalue weighted by Crippen LogP contribution is 2.33. The molecule has 7 nitrogen and oxygen atoms in total. The van der Waals surface area contributed by atoms with Crippen LogP contribution in [0, 0.1) is 0 Å². The van der Waals surface area contributed by atoms with Crippen molar-refractivity contribution in [1.82, 2.24) is 14.8 Å². The van der Waals surface area contributed by atoms with Crippen molar-refractivity contribution in [3.05, 3.63) is 72.9 Å². The Morgan fingerprint density at radius 3 is 2.25 bits per heavy atom. The van der Waals surface area contributed by atoms with Gasteiger partial charge in [-0.3, -0.25) is 4.72 Å². The van der Waals surface area contributed by atoms with Gasteiger partial charge in [0.2, 0.25) is 10.9 Å². The summed E-state index contributed by atoms with van der Waals surface area (Å²) < 4.78 is 36.3. The van der Waals surface area contributed by atoms with E-state index < -0.39 is 10.0 Å². The fourth-order valence-electron chi connectivity index (χ4n) is 2.82. The van der Waals surface area contributed by atoms with Crippen LogP contribution in [0.3, 0.4) is 0 Å². The number of nitrogens with zero attached hydrogens (tertiary/aromatic N) is 3. The number of nitrogens with one attached hydrogen (secondary N) is 1. The molecule has 0 saturated carbocycles. The van der Waals surface area contributed by atoms with Crippen molar-refractivity contribution < 1.29 is 12.8 Å². The normalized spacial score (nSPS) is 11.5. The number of anilines is 1. The molecule has 0 saturated heterocycles. The lowest BCUT2D eigenvalue weighted by atomic mass is 10.2. The molecule has 0 bridgehead atoms. The van der Waals surface area contributed by atoms with Crippen molar-refractivity contribution in [1.29, 1.82) is 0 Å². The van der Waals surface area contributed by atoms with Gasteiger partial charge < -0.3 is 4.42 Å². The summed E-state index contributed by atoms with van der Waals surface area (Å²) in [5.74, 6) is 0.795. The SMILES string of the molecule is CCn1nccc1NS(=O)(=O)c1nc(-c2ccccc2)oc1-c1ccccc1. The lowest BCUT2D eigenvalue weighted by molar-refractivity contribution is 0.580. The van der Waals surface area contributed by atoms with Crippen molar-refractivity contribution in [2.24, 2.45) is 0 Å². The van der Waals surface area contributed by atoms with Crippen LogP contribution in [0.2, 0.25) is 0 Å². The number of hydrogen-bond donors (Lipinski definition) is 1. The lowest BCUT2D eigenvalue weighted by Gasteiger charge is -2.08. The zero-order valence-corrected chi connectivity index (χ0v) is 15.9. The fourth-order valence-corrected chi connectivity index (χ4v) is 3.97. The summed E-state index contributed by atoms with van der Waals surface area (Å²) in [6.45, 7) is 2.41. The molecule has 0 aliphatic heterocycles. The maximum Gasteiger partial charge on any atom is 0.284 e. The number of hydrogen-bond acceptors (Lipinski definition) is 5. The maximum absolute atomic E-state index is 13.1. The van der Waals surface area contributed by atoms with Crippen molar-refractivity contribution in [2.45, 2.75) is 18.5 Å². The zero-order valence-electron chi connectivity index (χ0n) is 15.1. The Morgan fingerprint density at radius 1 is 0.964 bits per heavy atom. The fraction of sp³-hybridized carbons (Fsp3) is 0.100. The first-order valence-corrected chi connectivity index (χ1v) is 10.2. The summed E-state index contributed by atoms with van der Waals surface area (Å²) in [5, 5.41) is 3.93. The Morgan fingerprint density at radius 2 is 1.61 bits per heavy atom. The predicted octanol–water partition coefficient (Wildman–Crippen LogP) is 4.03. The van der Waals surface area contributed by atoms with E-state index in [1.807, 2.05) is 55.5 Å². The average molecular weight is 394 g/mol. The minimum absolute atomic E-state index is 0.165. The Balaban J connectivity index is 1.84. The van der Waals surface area contributed by atoms with Gasteiger partial charge >= 0.3 is 0 Å². The average Bonchev–Trinajstić information content (AvgIpc) is 3.36. The Bertz CT molecular complexity index is 1180. The standard InChI is InChI=1S/C20H18N4O3S/c1-2-24-17(13-14-21-24)23-28(25,26)20-18(15-9-5-3-6-10-15)27-19(22-20)16-11-7-4-8-12-16/h3-14,23H,2H2,1H3. The summed E-state index contributed by atoms with van der Waals surface area (Å²) in [6, 6.07) is 19.8. The van der Waals surface area contributed by atoms with Gasteiger partial charge in [-0.25, -0.2) is 4.68 Å². The first-order valence-electron chi connectivity index (χ1n) is 8.75. The van der Waals surface area contributed by atoms with Gasteiger partial charge in [-0.15, -0.1) is 0 Å². The van der Waals surface area contributed by atoms with E-state index in [4.69, 9.17) is 4.42 Å². The highest BCUT2D eigenvalue weighted by atomic mass is 32.2. The Hall–Kier alpha value is -3.39. The van der Waals surface area contributed by atoms with E-state index in [0.717, 1.165) is 0 Å². The highest BCUT2D eigenvalue weighted by Gasteiger charge is 2.28. The molecule has 0 fully saturated rings. The molecule has 4 aromatic rings. The third kappa shape index (κ3) is 3.41. The van der Waals surface area contributed by atoms with E-state index >= 15 is 0 Å². The largest absolute Gasteiger partial charge is 0.435 e. The summed E-state index contributed by atoms with van der Waals surface area (Å²) in [7, 11) is -4.00. The van der Waals surface area contributed by atoms with Crippen LogP contribution in [0.25, 0.3) is 22.8 Å². The van der Waals surface area contributed by atoms with Gasteiger partial charge in [-0.1, -0.05) is 48.5 Å². The number of oxazole rings is 1. The quantitative estimate of drug-likeness (QED) is 0.533. The first kappa shape index (κ1) is 18.0. The van der Waals surface area contributed by atoms with Gasteiger partial charge in [0.25, 0.3) is 10.0 Å². The van der Waals surface area contributed by atoms with Crippen LogP contribution < -0.4 is 4.72 Å². The van der Waals surface area contributed by atoms with Crippen LogP contribution in [-0.2, 0) is 16.6 Å². The van der Waals surface area contributed by atoms with Crippen LogP contribution in [-0.4, -0.2) is 23.2 Å². The second kappa shape index (κ2) is 7.32. The molecular formula is C20H18N4O3S. The van der Waals surface area contributed by atoms with E-state index in [9.17, 15) is 8.42 Å². The van der Waals surface area contributed by atoms with Gasteiger partial charge in [0, 0.05) is 23.7 Å². The summed E-state index contributed by atoms with van der Waals surface area (Å²) in [4.78, 5) is 4.32. The molecule has 0 amide bonds. The molecule has 8 heteroatoms. The molecule has 0 spiro atoms. The summed E-state index contributed by atoms with van der Waals surface area (Å²) >= 11 is 0. The molecular weight excluding hydrogens is 376 g/mol. The van der Waals surface area contributed by atoms with E-state index in [1.165, 1.54) is 6.20 Å². The van der Waals surface area contributed by atoms with Crippen molar-refractivity contribution in [2.75, 3.05) is 4.72 Å². The number of aryl methyl sites for hydroxylation is 1. The topological polar surface area (TPSA) is 90.0 Å². The monoisotopic (exact) mass is 394 g/mol. The lowest BCUT2D eigenvalue weighted by Crippen LogP contribution is -2.17. The molecule has 142 valence electrons. The van der Waals surface area contributed by atoms with Crippen molar-refractivity contribution in [3.8, 4) is 22.8 Å². The van der Waals surface area contributed by atoms with E-state index in [1.54, 1.807) is 22.9 Å². The van der Waals surface area contributed by atoms with Gasteiger partial charge in [-0.2, -0.15) is 18.5 Å². The second-order valence-corrected chi connectivity index (χ2v) is 7.62. The number of sulfonamides is 1. The summed E-state index contributed by atoms with van der Waals surface area (Å²) in [6.07, 6.45) is 1.54. The number of rotatable bonds is 6. The van der Waals surface area contributed by atoms with Crippen molar-refractivity contribution in [3.63, 3.8) is 0 Å². The predicted molar refractivity (Wildman–Crippen MR) is 106 cm³/mol. The van der Waals surface area contributed by atoms with Gasteiger partial charge in [0.15, 0.2) is 5.76 Å². The molecule has 2 heterocycles. The van der Waals surface area contributed by atoms with E-state index in [0.29, 0.717) is 23.5 Å². The van der Waals surface area contributed by atoms with Gasteiger partial charge in [0.1, 0.15) is 5.82 Å². The smallest absolute Gasteiger partial charge is 0.284 e. The molecule has 28 heavy (non-hydrogen) atoms. The third-order valence-electron chi connectivity index (χ3n) is 4.16. The Kier molecular flexibility index (Phi) is 4.70. The molecule has 0 unspecified atom stereocenters. The van der Waals surface area contributed by atoms with Crippen molar-refractivity contribution >= 4 is 15.8 Å². The first-order chi connectivity index (χ1) is 13.6. The second-order valence-electron chi connectivity index (χ2n) is 6.02. The maximum atomic E-state index is 13.1. The number of benzene rings is 2. The Labute approximate surface area is 162 Å². The molecule has 0 aliphatic rings. The van der Waals surface area contributed by atoms with Gasteiger partial charge in [-0.05, 0) is 19.1 Å². The molecule has 1 N–H and O–H groups in total. The third-order valence-corrected chi connectivity index (χ3v) is 5.43. The molecule has 4 rings (SSSR count). The number of aromatic nitrogens is 3. The summed E-state index contributed by atoms with van der Waals surface area (Å²) in [5.41, 5.74) is 1.32. The van der Waals surface area contributed by atoms with E-state index in [-0.39, 0.29) is 16.7 Å². The highest BCUT2D eigenvalue weighted by molar-refractivity contribution is 7.92. The molecule has 2 aromatic heterocycles. The molecule has 0 atom stereocenters. The van der Waals surface area contributed by atoms with Crippen LogP contribution in [0.15, 0.2) is 82.4 Å². The van der Waals surface area contributed by atoms with Crippen LogP contribution >= 0.6 is 0 Å². The molecule has 0 aliphatic carbocycles. The minimum Gasteiger partial charge on any atom is -0.435 e. The van der Waals surface area contributed by atoms with E-state index in [2.05, 4.69) is 14.8 Å². The molecule has 2 aromatic carbocycles. The zero-order chi connectivity index (χ0) is 19.6. The van der Waals surface area contributed by atoms with Crippen LogP contribution in [0.5, 0.6) is 0 Å². The van der Waals surface area contributed by atoms with Gasteiger partial charge in [0.05, 0.1) is 6.20 Å². The van der Waals surface area contributed by atoms with Crippen LogP contribution in [0.1, 0.15) is 6.92 Å². The molecule has 0 radical (unpaired) electrons.